The third-order valence-electron chi connectivity index (χ3n) is 5.61. The lowest BCUT2D eigenvalue weighted by molar-refractivity contribution is -0.111. The van der Waals surface area contributed by atoms with Gasteiger partial charge >= 0.3 is 0 Å². The van der Waals surface area contributed by atoms with Gasteiger partial charge in [-0.1, -0.05) is 6.58 Å². The molecule has 0 heterocycles. The second kappa shape index (κ2) is 18.0. The van der Waals surface area contributed by atoms with E-state index in [1.165, 1.54) is 0 Å². The van der Waals surface area contributed by atoms with E-state index in [-0.39, 0.29) is 40.4 Å². The maximum atomic E-state index is 13.5. The Morgan fingerprint density at radius 2 is 1.07 bits per heavy atom. The third-order valence-corrected chi connectivity index (χ3v) is 8.85. The highest BCUT2D eigenvalue weighted by molar-refractivity contribution is 14.1. The first-order valence-corrected chi connectivity index (χ1v) is 14.9. The Hall–Kier alpha value is -0.760. The average molecular weight is 907 g/mol. The molecule has 1 aromatic rings. The van der Waals surface area contributed by atoms with Gasteiger partial charge in [0.15, 0.2) is 0 Å². The lowest BCUT2D eigenvalue weighted by atomic mass is 10.0. The van der Waals surface area contributed by atoms with Crippen LogP contribution in [0.4, 0.5) is 5.69 Å². The number of amides is 3. The largest absolute Gasteiger partial charge is 0.394 e. The monoisotopic (exact) mass is 907 g/mol. The van der Waals surface area contributed by atoms with Crippen LogP contribution in [0, 0.1) is 10.7 Å². The molecular weight excluding hydrogens is 875 g/mol. The van der Waals surface area contributed by atoms with Crippen molar-refractivity contribution in [3.8, 4) is 0 Å². The zero-order valence-corrected chi connectivity index (χ0v) is 27.4. The summed E-state index contributed by atoms with van der Waals surface area (Å²) in [5, 5.41) is 84.7. The topological polar surface area (TPSA) is 249 Å². The standard InChI is InChI=1S/C23H32I3N3O11/c1-2-15(38)29-21-19(25)16(22(39)27-11(13(36)7-32)3-9(34)5-30)18(24)17(20(21)26)23(40)28-12(14(37)8-33)4-10(35)6-31/h2,9-14,30-37H,1,3-8H2,(H,27,39)(H,28,40)(H,29,38). The van der Waals surface area contributed by atoms with E-state index in [0.717, 1.165) is 6.08 Å². The number of aliphatic hydroxyl groups is 8. The van der Waals surface area contributed by atoms with Crippen LogP contribution in [0.2, 0.25) is 0 Å². The van der Waals surface area contributed by atoms with Crippen LogP contribution in [-0.4, -0.2) is 122 Å². The minimum atomic E-state index is -1.51. The Bertz CT molecular complexity index is 996. The lowest BCUT2D eigenvalue weighted by Gasteiger charge is -2.27. The number of anilines is 1. The number of halogens is 3. The number of nitrogens with one attached hydrogen (secondary N) is 3. The lowest BCUT2D eigenvalue weighted by Crippen LogP contribution is -2.48. The highest BCUT2D eigenvalue weighted by Gasteiger charge is 2.33. The molecule has 1 aromatic carbocycles. The molecule has 14 nitrogen and oxygen atoms in total. The summed E-state index contributed by atoms with van der Waals surface area (Å²) in [7, 11) is 0. The van der Waals surface area contributed by atoms with Crippen LogP contribution in [0.5, 0.6) is 0 Å². The van der Waals surface area contributed by atoms with Crippen LogP contribution < -0.4 is 16.0 Å². The molecule has 1 rings (SSSR count). The molecule has 0 aliphatic rings. The molecule has 0 aliphatic heterocycles. The van der Waals surface area contributed by atoms with Gasteiger partial charge in [-0.05, 0) is 86.7 Å². The Labute approximate surface area is 270 Å². The average Bonchev–Trinajstić information content (AvgIpc) is 2.92. The third kappa shape index (κ3) is 10.2. The van der Waals surface area contributed by atoms with Gasteiger partial charge in [0.2, 0.25) is 5.91 Å². The quantitative estimate of drug-likeness (QED) is 0.0641. The fourth-order valence-corrected chi connectivity index (χ4v) is 7.86. The van der Waals surface area contributed by atoms with Crippen molar-refractivity contribution in [2.45, 2.75) is 49.3 Å². The molecule has 6 atom stereocenters. The predicted octanol–water partition coefficient (Wildman–Crippen LogP) is -1.99. The number of carbonyl (C=O) groups excluding carboxylic acids is 3. The highest BCUT2D eigenvalue weighted by Crippen LogP contribution is 2.36. The Morgan fingerprint density at radius 3 is 1.38 bits per heavy atom. The van der Waals surface area contributed by atoms with E-state index in [4.69, 9.17) is 0 Å². The van der Waals surface area contributed by atoms with Crippen LogP contribution >= 0.6 is 67.8 Å². The number of benzene rings is 1. The zero-order chi connectivity index (χ0) is 30.7. The number of carbonyl (C=O) groups is 3. The Morgan fingerprint density at radius 1 is 0.700 bits per heavy atom. The minimum absolute atomic E-state index is 0.0612. The summed E-state index contributed by atoms with van der Waals surface area (Å²) >= 11 is 5.29. The molecule has 226 valence electrons. The van der Waals surface area contributed by atoms with E-state index in [2.05, 4.69) is 22.5 Å². The molecule has 0 radical (unpaired) electrons. The molecule has 0 fully saturated rings. The van der Waals surface area contributed by atoms with Gasteiger partial charge in [0.1, 0.15) is 0 Å². The van der Waals surface area contributed by atoms with Gasteiger partial charge < -0.3 is 56.8 Å². The normalized spacial score (nSPS) is 15.8. The molecule has 40 heavy (non-hydrogen) atoms. The number of hydrogen-bond donors (Lipinski definition) is 11. The number of rotatable bonds is 16. The van der Waals surface area contributed by atoms with E-state index < -0.39 is 80.6 Å². The summed E-state index contributed by atoms with van der Waals surface area (Å²) in [4.78, 5) is 39.2. The van der Waals surface area contributed by atoms with E-state index in [1.54, 1.807) is 67.8 Å². The fourth-order valence-electron chi connectivity index (χ4n) is 3.44. The van der Waals surface area contributed by atoms with E-state index >= 15 is 0 Å². The van der Waals surface area contributed by atoms with Crippen molar-refractivity contribution >= 4 is 91.2 Å². The molecule has 17 heteroatoms. The number of hydrogen-bond acceptors (Lipinski definition) is 11. The molecule has 0 bridgehead atoms. The number of aliphatic hydroxyl groups excluding tert-OH is 8. The molecule has 6 unspecified atom stereocenters. The van der Waals surface area contributed by atoms with Gasteiger partial charge in [-0.25, -0.2) is 0 Å². The van der Waals surface area contributed by atoms with Crippen molar-refractivity contribution in [1.82, 2.24) is 10.6 Å². The Balaban J connectivity index is 3.71. The Kier molecular flexibility index (Phi) is 16.8. The first kappa shape index (κ1) is 37.3. The SMILES string of the molecule is C=CC(=O)Nc1c(I)c(C(=O)NC(CC(O)CO)C(O)CO)c(I)c(C(=O)NC(CC(O)CO)C(O)CO)c1I. The summed E-state index contributed by atoms with van der Waals surface area (Å²) in [6, 6.07) is -2.42. The van der Waals surface area contributed by atoms with Gasteiger partial charge in [0.25, 0.3) is 11.8 Å². The van der Waals surface area contributed by atoms with Crippen molar-refractivity contribution in [3.05, 3.63) is 34.5 Å². The summed E-state index contributed by atoms with van der Waals surface area (Å²) in [5.74, 6) is -2.36. The minimum Gasteiger partial charge on any atom is -0.394 e. The van der Waals surface area contributed by atoms with Gasteiger partial charge in [-0.3, -0.25) is 14.4 Å². The second-order valence-corrected chi connectivity index (χ2v) is 11.8. The first-order chi connectivity index (χ1) is 18.8. The van der Waals surface area contributed by atoms with Crippen molar-refractivity contribution in [3.63, 3.8) is 0 Å². The maximum Gasteiger partial charge on any atom is 0.253 e. The van der Waals surface area contributed by atoms with Crippen molar-refractivity contribution in [2.75, 3.05) is 31.7 Å². The van der Waals surface area contributed by atoms with Crippen LogP contribution in [0.25, 0.3) is 0 Å². The maximum absolute atomic E-state index is 13.5. The highest BCUT2D eigenvalue weighted by atomic mass is 127. The van der Waals surface area contributed by atoms with Gasteiger partial charge in [-0.15, -0.1) is 0 Å². The molecule has 0 aromatic heterocycles. The van der Waals surface area contributed by atoms with Gasteiger partial charge in [0.05, 0.1) is 86.9 Å². The predicted molar refractivity (Wildman–Crippen MR) is 168 cm³/mol. The van der Waals surface area contributed by atoms with E-state index in [1.807, 2.05) is 0 Å². The summed E-state index contributed by atoms with van der Waals surface area (Å²) in [5.41, 5.74) is -0.171. The van der Waals surface area contributed by atoms with Gasteiger partial charge in [-0.2, -0.15) is 0 Å². The molecule has 3 amide bonds. The van der Waals surface area contributed by atoms with E-state index in [0.29, 0.717) is 0 Å². The molecule has 11 N–H and O–H groups in total. The summed E-state index contributed by atoms with van der Waals surface area (Å²) in [6.07, 6.45) is -5.33. The molecule has 0 saturated heterocycles. The summed E-state index contributed by atoms with van der Waals surface area (Å²) in [6.45, 7) is 0.506. The zero-order valence-electron chi connectivity index (χ0n) is 20.9. The van der Waals surface area contributed by atoms with Crippen LogP contribution in [0.1, 0.15) is 33.6 Å². The first-order valence-electron chi connectivity index (χ1n) is 11.7. The van der Waals surface area contributed by atoms with Crippen molar-refractivity contribution < 1.29 is 55.2 Å². The van der Waals surface area contributed by atoms with Crippen LogP contribution in [0.3, 0.4) is 0 Å². The molecule has 0 aliphatic carbocycles. The van der Waals surface area contributed by atoms with Crippen molar-refractivity contribution in [1.29, 1.82) is 0 Å². The van der Waals surface area contributed by atoms with E-state index in [9.17, 15) is 55.2 Å². The summed E-state index contributed by atoms with van der Waals surface area (Å²) < 4.78 is 0.467. The second-order valence-electron chi connectivity index (χ2n) is 8.56. The fraction of sp³-hybridized carbons (Fsp3) is 0.522. The molecule has 0 saturated carbocycles. The molecular formula is C23H32I3N3O11. The van der Waals surface area contributed by atoms with Crippen LogP contribution in [-0.2, 0) is 4.79 Å². The smallest absolute Gasteiger partial charge is 0.253 e. The van der Waals surface area contributed by atoms with Gasteiger partial charge in [0, 0.05) is 3.57 Å². The van der Waals surface area contributed by atoms with Crippen LogP contribution in [0.15, 0.2) is 12.7 Å². The molecule has 0 spiro atoms. The van der Waals surface area contributed by atoms with Crippen molar-refractivity contribution in [2.24, 2.45) is 0 Å².